The fourth-order valence-electron chi connectivity index (χ4n) is 1.94. The van der Waals surface area contributed by atoms with Gasteiger partial charge in [0.1, 0.15) is 5.69 Å². The average Bonchev–Trinajstić information content (AvgIpc) is 2.81. The third-order valence-corrected chi connectivity index (χ3v) is 3.62. The maximum Gasteiger partial charge on any atom is 0.385 e. The van der Waals surface area contributed by atoms with Crippen LogP contribution >= 0.6 is 0 Å². The van der Waals surface area contributed by atoms with E-state index in [4.69, 9.17) is 21.7 Å². The van der Waals surface area contributed by atoms with Crippen LogP contribution in [0.2, 0.25) is 0 Å². The summed E-state index contributed by atoms with van der Waals surface area (Å²) in [5.74, 6) is -7.99. The molecule has 164 valence electrons. The summed E-state index contributed by atoms with van der Waals surface area (Å²) in [6, 6.07) is 20.0. The molecule has 0 radical (unpaired) electrons. The number of carboxylic acid groups (broad SMARTS) is 2. The van der Waals surface area contributed by atoms with E-state index in [0.717, 1.165) is 0 Å². The summed E-state index contributed by atoms with van der Waals surface area (Å²) in [7, 11) is 0. The van der Waals surface area contributed by atoms with Crippen molar-refractivity contribution in [3.63, 3.8) is 0 Å². The van der Waals surface area contributed by atoms with Gasteiger partial charge in [-0.05, 0) is 11.1 Å². The molecular formula is C21H22F2N4O4. The van der Waals surface area contributed by atoms with E-state index in [1.807, 2.05) is 60.7 Å². The van der Waals surface area contributed by atoms with Crippen LogP contribution in [-0.2, 0) is 23.8 Å². The van der Waals surface area contributed by atoms with Gasteiger partial charge in [0.2, 0.25) is 0 Å². The fraction of sp³-hybridized carbons (Fsp3) is 0.143. The molecule has 0 unspecified atom stereocenters. The van der Waals surface area contributed by atoms with Crippen LogP contribution in [0.1, 0.15) is 27.3 Å². The van der Waals surface area contributed by atoms with E-state index in [-0.39, 0.29) is 0 Å². The highest BCUT2D eigenvalue weighted by Gasteiger charge is 2.43. The average molecular weight is 432 g/mol. The Morgan fingerprint density at radius 3 is 1.52 bits per heavy atom. The fourth-order valence-corrected chi connectivity index (χ4v) is 1.94. The number of nitrogens with zero attached hydrogens (tertiary/aromatic N) is 2. The van der Waals surface area contributed by atoms with E-state index in [0.29, 0.717) is 25.5 Å². The summed E-state index contributed by atoms with van der Waals surface area (Å²) >= 11 is 0. The molecule has 0 saturated heterocycles. The van der Waals surface area contributed by atoms with Gasteiger partial charge in [0.25, 0.3) is 0 Å². The van der Waals surface area contributed by atoms with E-state index < -0.39 is 29.2 Å². The minimum absolute atomic E-state index is 0.414. The predicted molar refractivity (Wildman–Crippen MR) is 109 cm³/mol. The number of carbonyl (C=O) groups is 2. The van der Waals surface area contributed by atoms with Crippen LogP contribution in [0.4, 0.5) is 8.78 Å². The zero-order chi connectivity index (χ0) is 23.3. The van der Waals surface area contributed by atoms with E-state index >= 15 is 0 Å². The second-order valence-corrected chi connectivity index (χ2v) is 5.85. The number of carboxylic acids is 2. The van der Waals surface area contributed by atoms with Gasteiger partial charge in [-0.1, -0.05) is 60.7 Å². The molecule has 31 heavy (non-hydrogen) atoms. The van der Waals surface area contributed by atoms with Gasteiger partial charge in [0, 0.05) is 13.1 Å². The quantitative estimate of drug-likeness (QED) is 0.480. The molecule has 0 atom stereocenters. The third kappa shape index (κ3) is 8.64. The van der Waals surface area contributed by atoms with Crippen molar-refractivity contribution in [3.8, 4) is 0 Å². The molecule has 0 fully saturated rings. The maximum absolute atomic E-state index is 12.8. The SMILES string of the molecule is NCc1ccccc1.NCc1ccccc1.O=C(O)c1cnc(C(F)(F)C(=O)O)cn1. The standard InChI is InChI=1S/C7H4F2N2O4.2C7H9N/c8-7(9,6(14)15)4-2-10-3(1-11-4)5(12)13;2*8-6-7-4-2-1-3-5-7/h1-2H,(H,12,13)(H,14,15);2*1-5H,6,8H2. The van der Waals surface area contributed by atoms with E-state index in [9.17, 15) is 18.4 Å². The van der Waals surface area contributed by atoms with Gasteiger partial charge in [-0.25, -0.2) is 14.6 Å². The van der Waals surface area contributed by atoms with Crippen LogP contribution in [-0.4, -0.2) is 32.1 Å². The van der Waals surface area contributed by atoms with Crippen LogP contribution < -0.4 is 11.5 Å². The molecule has 10 heteroatoms. The molecule has 0 aliphatic carbocycles. The zero-order valence-corrected chi connectivity index (χ0v) is 16.4. The second-order valence-electron chi connectivity index (χ2n) is 5.85. The number of nitrogens with two attached hydrogens (primary N) is 2. The molecule has 0 spiro atoms. The number of hydrogen-bond acceptors (Lipinski definition) is 6. The van der Waals surface area contributed by atoms with Gasteiger partial charge in [-0.15, -0.1) is 0 Å². The van der Waals surface area contributed by atoms with E-state index in [2.05, 4.69) is 9.97 Å². The van der Waals surface area contributed by atoms with Crippen molar-refractivity contribution in [1.29, 1.82) is 0 Å². The van der Waals surface area contributed by atoms with Gasteiger partial charge in [-0.3, -0.25) is 4.98 Å². The first-order valence-corrected chi connectivity index (χ1v) is 8.87. The lowest BCUT2D eigenvalue weighted by Gasteiger charge is -2.08. The first-order chi connectivity index (χ1) is 14.7. The lowest BCUT2D eigenvalue weighted by atomic mass is 10.2. The van der Waals surface area contributed by atoms with Crippen molar-refractivity contribution in [2.24, 2.45) is 11.5 Å². The minimum Gasteiger partial charge on any atom is -0.476 e. The number of rotatable bonds is 5. The highest BCUT2D eigenvalue weighted by Crippen LogP contribution is 2.25. The Bertz CT molecular complexity index is 901. The van der Waals surface area contributed by atoms with Crippen LogP contribution in [0.15, 0.2) is 73.1 Å². The molecule has 0 bridgehead atoms. The smallest absolute Gasteiger partial charge is 0.385 e. The predicted octanol–water partition coefficient (Wildman–Crippen LogP) is 2.64. The molecule has 0 aliphatic heterocycles. The number of benzene rings is 2. The molecule has 3 aromatic rings. The molecule has 2 aromatic carbocycles. The molecule has 1 aromatic heterocycles. The third-order valence-electron chi connectivity index (χ3n) is 3.62. The first kappa shape index (κ1) is 25.3. The number of aromatic carboxylic acids is 1. The number of halogens is 2. The number of aromatic nitrogens is 2. The maximum atomic E-state index is 12.8. The molecule has 6 N–H and O–H groups in total. The normalized spacial score (nSPS) is 10.1. The van der Waals surface area contributed by atoms with Gasteiger partial charge in [0.05, 0.1) is 12.4 Å². The van der Waals surface area contributed by atoms with Gasteiger partial charge in [-0.2, -0.15) is 8.78 Å². The Labute approximate surface area is 177 Å². The molecule has 8 nitrogen and oxygen atoms in total. The molecule has 0 amide bonds. The summed E-state index contributed by atoms with van der Waals surface area (Å²) in [6.07, 6.45) is 0.978. The second kappa shape index (κ2) is 12.7. The summed E-state index contributed by atoms with van der Waals surface area (Å²) in [5.41, 5.74) is 11.4. The van der Waals surface area contributed by atoms with Crippen molar-refractivity contribution in [1.82, 2.24) is 9.97 Å². The van der Waals surface area contributed by atoms with Crippen LogP contribution in [0.25, 0.3) is 0 Å². The topological polar surface area (TPSA) is 152 Å². The molecule has 3 rings (SSSR count). The van der Waals surface area contributed by atoms with Crippen LogP contribution in [0.3, 0.4) is 0 Å². The summed E-state index contributed by atoms with van der Waals surface area (Å²) in [5, 5.41) is 16.5. The highest BCUT2D eigenvalue weighted by molar-refractivity contribution is 5.85. The van der Waals surface area contributed by atoms with Crippen molar-refractivity contribution in [3.05, 3.63) is 95.6 Å². The van der Waals surface area contributed by atoms with Crippen molar-refractivity contribution in [2.45, 2.75) is 19.0 Å². The highest BCUT2D eigenvalue weighted by atomic mass is 19.3. The first-order valence-electron chi connectivity index (χ1n) is 8.87. The summed E-state index contributed by atoms with van der Waals surface area (Å²) in [4.78, 5) is 26.5. The van der Waals surface area contributed by atoms with Gasteiger partial charge in [0.15, 0.2) is 5.69 Å². The largest absolute Gasteiger partial charge is 0.476 e. The Kier molecular flexibility index (Phi) is 10.4. The lowest BCUT2D eigenvalue weighted by molar-refractivity contribution is -0.167. The molecule has 0 saturated carbocycles. The zero-order valence-electron chi connectivity index (χ0n) is 16.4. The van der Waals surface area contributed by atoms with Crippen molar-refractivity contribution in [2.75, 3.05) is 0 Å². The molecule has 0 aliphatic rings. The van der Waals surface area contributed by atoms with Crippen molar-refractivity contribution >= 4 is 11.9 Å². The van der Waals surface area contributed by atoms with Crippen LogP contribution in [0, 0.1) is 0 Å². The monoisotopic (exact) mass is 432 g/mol. The molecular weight excluding hydrogens is 410 g/mol. The van der Waals surface area contributed by atoms with E-state index in [1.165, 1.54) is 11.1 Å². The number of alkyl halides is 2. The van der Waals surface area contributed by atoms with E-state index in [1.54, 1.807) is 0 Å². The lowest BCUT2D eigenvalue weighted by Crippen LogP contribution is -2.27. The Morgan fingerprint density at radius 1 is 0.806 bits per heavy atom. The van der Waals surface area contributed by atoms with Gasteiger partial charge < -0.3 is 21.7 Å². The minimum atomic E-state index is -4.18. The van der Waals surface area contributed by atoms with Crippen LogP contribution in [0.5, 0.6) is 0 Å². The Morgan fingerprint density at radius 2 is 1.26 bits per heavy atom. The Balaban J connectivity index is 0.000000253. The Hall–Kier alpha value is -3.76. The van der Waals surface area contributed by atoms with Crippen molar-refractivity contribution < 1.29 is 28.6 Å². The number of aliphatic carboxylic acids is 1. The summed E-state index contributed by atoms with van der Waals surface area (Å²) < 4.78 is 25.5. The van der Waals surface area contributed by atoms with Gasteiger partial charge >= 0.3 is 17.9 Å². The number of hydrogen-bond donors (Lipinski definition) is 4. The molecule has 1 heterocycles. The summed E-state index contributed by atoms with van der Waals surface area (Å²) in [6.45, 7) is 1.28.